The number of aryl methyl sites for hydroxylation is 2. The Labute approximate surface area is 127 Å². The Morgan fingerprint density at radius 1 is 0.773 bits per heavy atom. The maximum atomic E-state index is 11.3. The smallest absolute Gasteiger partial charge is 0.337 e. The minimum absolute atomic E-state index is 0.0126. The topological polar surface area (TPSA) is 127 Å². The lowest BCUT2D eigenvalue weighted by atomic mass is 9.95. The summed E-state index contributed by atoms with van der Waals surface area (Å²) >= 11 is 0. The molecule has 0 aliphatic carbocycles. The van der Waals surface area contributed by atoms with E-state index < -0.39 is 11.9 Å². The molecule has 2 aromatic rings. The third-order valence-corrected chi connectivity index (χ3v) is 3.57. The first-order chi connectivity index (χ1) is 10.2. The van der Waals surface area contributed by atoms with E-state index in [-0.39, 0.29) is 22.5 Å². The van der Waals surface area contributed by atoms with Gasteiger partial charge in [-0.1, -0.05) is 0 Å². The van der Waals surface area contributed by atoms with E-state index in [9.17, 15) is 19.8 Å². The van der Waals surface area contributed by atoms with Crippen molar-refractivity contribution < 1.29 is 19.8 Å². The van der Waals surface area contributed by atoms with Crippen molar-refractivity contribution in [3.63, 3.8) is 0 Å². The molecule has 0 heterocycles. The fourth-order valence-electron chi connectivity index (χ4n) is 2.28. The normalized spacial score (nSPS) is 10.5. The second kappa shape index (κ2) is 5.40. The summed E-state index contributed by atoms with van der Waals surface area (Å²) in [6.45, 7) is 3.40. The molecule has 0 amide bonds. The lowest BCUT2D eigenvalue weighted by Gasteiger charge is -2.12. The molecule has 0 saturated carbocycles. The summed E-state index contributed by atoms with van der Waals surface area (Å²) in [5.74, 6) is -2.26. The monoisotopic (exact) mass is 300 g/mol. The third-order valence-electron chi connectivity index (χ3n) is 3.57. The molecule has 2 rings (SSSR count). The van der Waals surface area contributed by atoms with Gasteiger partial charge in [0.15, 0.2) is 0 Å². The standard InChI is InChI=1S/C16H16N2O4/c1-7-3-9(5-11(13(7)17)15(19)20)10-4-8(2)14(18)12(6-10)16(21)22/h3-6H,17-18H2,1-2H3,(H,19,20)(H,21,22). The van der Waals surface area contributed by atoms with Crippen LogP contribution in [0.5, 0.6) is 0 Å². The number of benzene rings is 2. The van der Waals surface area contributed by atoms with Crippen LogP contribution in [-0.4, -0.2) is 22.2 Å². The fraction of sp³-hybridized carbons (Fsp3) is 0.125. The Kier molecular flexibility index (Phi) is 3.77. The zero-order valence-electron chi connectivity index (χ0n) is 12.2. The maximum absolute atomic E-state index is 11.3. The van der Waals surface area contributed by atoms with Crippen LogP contribution in [0.2, 0.25) is 0 Å². The average Bonchev–Trinajstić information content (AvgIpc) is 2.43. The number of hydrogen-bond acceptors (Lipinski definition) is 4. The number of carbonyl (C=O) groups is 2. The number of aromatic carboxylic acids is 2. The molecule has 0 aliphatic rings. The predicted molar refractivity (Wildman–Crippen MR) is 84.1 cm³/mol. The van der Waals surface area contributed by atoms with Crippen LogP contribution in [-0.2, 0) is 0 Å². The summed E-state index contributed by atoms with van der Waals surface area (Å²) in [7, 11) is 0. The van der Waals surface area contributed by atoms with Crippen molar-refractivity contribution in [1.29, 1.82) is 0 Å². The van der Waals surface area contributed by atoms with Crippen molar-refractivity contribution >= 4 is 23.3 Å². The number of nitrogens with two attached hydrogens (primary N) is 2. The van der Waals surface area contributed by atoms with Crippen LogP contribution in [0.1, 0.15) is 31.8 Å². The van der Waals surface area contributed by atoms with E-state index in [4.69, 9.17) is 11.5 Å². The summed E-state index contributed by atoms with van der Waals surface area (Å²) in [4.78, 5) is 22.5. The molecule has 6 N–H and O–H groups in total. The van der Waals surface area contributed by atoms with Gasteiger partial charge in [0, 0.05) is 11.4 Å². The van der Waals surface area contributed by atoms with Crippen LogP contribution in [0.4, 0.5) is 11.4 Å². The first-order valence-corrected chi connectivity index (χ1v) is 6.49. The van der Waals surface area contributed by atoms with Crippen molar-refractivity contribution in [3.8, 4) is 11.1 Å². The fourth-order valence-corrected chi connectivity index (χ4v) is 2.28. The van der Waals surface area contributed by atoms with Gasteiger partial charge in [-0.15, -0.1) is 0 Å². The van der Waals surface area contributed by atoms with E-state index in [2.05, 4.69) is 0 Å². The minimum atomic E-state index is -1.13. The van der Waals surface area contributed by atoms with E-state index in [0.29, 0.717) is 22.3 Å². The second-order valence-corrected chi connectivity index (χ2v) is 5.12. The molecule has 0 aromatic heterocycles. The first kappa shape index (κ1) is 15.4. The highest BCUT2D eigenvalue weighted by molar-refractivity contribution is 5.98. The summed E-state index contributed by atoms with van der Waals surface area (Å²) in [5, 5.41) is 18.4. The molecule has 6 heteroatoms. The molecule has 0 atom stereocenters. The number of rotatable bonds is 3. The zero-order valence-corrected chi connectivity index (χ0v) is 12.2. The molecular weight excluding hydrogens is 284 g/mol. The van der Waals surface area contributed by atoms with Crippen molar-refractivity contribution in [3.05, 3.63) is 46.5 Å². The number of hydrogen-bond donors (Lipinski definition) is 4. The molecule has 0 saturated heterocycles. The number of carboxylic acid groups (broad SMARTS) is 2. The first-order valence-electron chi connectivity index (χ1n) is 6.49. The Bertz CT molecular complexity index is 730. The van der Waals surface area contributed by atoms with Gasteiger partial charge in [-0.25, -0.2) is 9.59 Å². The Balaban J connectivity index is 2.72. The van der Waals surface area contributed by atoms with Gasteiger partial charge < -0.3 is 21.7 Å². The van der Waals surface area contributed by atoms with Gasteiger partial charge in [-0.05, 0) is 60.4 Å². The van der Waals surface area contributed by atoms with Gasteiger partial charge >= 0.3 is 11.9 Å². The Morgan fingerprint density at radius 3 is 1.36 bits per heavy atom. The maximum Gasteiger partial charge on any atom is 0.337 e. The highest BCUT2D eigenvalue weighted by atomic mass is 16.4. The molecule has 0 bridgehead atoms. The van der Waals surface area contributed by atoms with Gasteiger partial charge in [0.1, 0.15) is 0 Å². The van der Waals surface area contributed by atoms with Crippen molar-refractivity contribution in [2.75, 3.05) is 11.5 Å². The van der Waals surface area contributed by atoms with E-state index in [1.807, 2.05) is 0 Å². The molecule has 0 fully saturated rings. The highest BCUT2D eigenvalue weighted by Crippen LogP contribution is 2.31. The van der Waals surface area contributed by atoms with Crippen molar-refractivity contribution in [2.24, 2.45) is 0 Å². The predicted octanol–water partition coefficient (Wildman–Crippen LogP) is 2.53. The van der Waals surface area contributed by atoms with Gasteiger partial charge in [-0.2, -0.15) is 0 Å². The van der Waals surface area contributed by atoms with E-state index in [1.54, 1.807) is 26.0 Å². The third kappa shape index (κ3) is 2.58. The number of anilines is 2. The second-order valence-electron chi connectivity index (χ2n) is 5.12. The molecule has 0 radical (unpaired) electrons. The number of nitrogen functional groups attached to an aromatic ring is 2. The average molecular weight is 300 g/mol. The van der Waals surface area contributed by atoms with Crippen LogP contribution in [0.3, 0.4) is 0 Å². The van der Waals surface area contributed by atoms with E-state index in [0.717, 1.165) is 0 Å². The molecule has 0 aliphatic heterocycles. The molecule has 0 spiro atoms. The Hall–Kier alpha value is -3.02. The van der Waals surface area contributed by atoms with E-state index in [1.165, 1.54) is 12.1 Å². The van der Waals surface area contributed by atoms with Gasteiger partial charge in [0.05, 0.1) is 11.1 Å². The summed E-state index contributed by atoms with van der Waals surface area (Å²) < 4.78 is 0. The lowest BCUT2D eigenvalue weighted by Crippen LogP contribution is -2.06. The zero-order chi connectivity index (χ0) is 16.6. The minimum Gasteiger partial charge on any atom is -0.478 e. The molecule has 6 nitrogen and oxygen atoms in total. The Morgan fingerprint density at radius 2 is 1.09 bits per heavy atom. The summed E-state index contributed by atoms with van der Waals surface area (Å²) in [5.41, 5.74) is 14.3. The van der Waals surface area contributed by atoms with Crippen molar-refractivity contribution in [2.45, 2.75) is 13.8 Å². The summed E-state index contributed by atoms with van der Waals surface area (Å²) in [6.07, 6.45) is 0. The quantitative estimate of drug-likeness (QED) is 0.645. The largest absolute Gasteiger partial charge is 0.478 e. The number of carboxylic acids is 2. The van der Waals surface area contributed by atoms with Crippen LogP contribution in [0.25, 0.3) is 11.1 Å². The molecular formula is C16H16N2O4. The van der Waals surface area contributed by atoms with Gasteiger partial charge in [0.25, 0.3) is 0 Å². The van der Waals surface area contributed by atoms with Crippen molar-refractivity contribution in [1.82, 2.24) is 0 Å². The molecule has 0 unspecified atom stereocenters. The highest BCUT2D eigenvalue weighted by Gasteiger charge is 2.16. The van der Waals surface area contributed by atoms with Crippen LogP contribution in [0.15, 0.2) is 24.3 Å². The lowest BCUT2D eigenvalue weighted by molar-refractivity contribution is 0.0687. The van der Waals surface area contributed by atoms with Crippen LogP contribution >= 0.6 is 0 Å². The van der Waals surface area contributed by atoms with Crippen LogP contribution in [0, 0.1) is 13.8 Å². The molecule has 2 aromatic carbocycles. The van der Waals surface area contributed by atoms with Crippen LogP contribution < -0.4 is 11.5 Å². The molecule has 114 valence electrons. The van der Waals surface area contributed by atoms with E-state index >= 15 is 0 Å². The van der Waals surface area contributed by atoms with Gasteiger partial charge in [0.2, 0.25) is 0 Å². The van der Waals surface area contributed by atoms with Gasteiger partial charge in [-0.3, -0.25) is 0 Å². The SMILES string of the molecule is Cc1cc(-c2cc(C)c(N)c(C(=O)O)c2)cc(C(=O)O)c1N. The summed E-state index contributed by atoms with van der Waals surface area (Å²) in [6, 6.07) is 6.30. The molecule has 22 heavy (non-hydrogen) atoms.